The van der Waals surface area contributed by atoms with Crippen LogP contribution in [0.5, 0.6) is 0 Å². The molecule has 1 aromatic rings. The molecule has 0 bridgehead atoms. The first-order chi connectivity index (χ1) is 12.0. The molecule has 0 aliphatic carbocycles. The van der Waals surface area contributed by atoms with E-state index in [0.717, 1.165) is 0 Å². The van der Waals surface area contributed by atoms with Crippen LogP contribution in [-0.4, -0.2) is 64.7 Å². The van der Waals surface area contributed by atoms with Crippen LogP contribution in [-0.2, 0) is 33.1 Å². The van der Waals surface area contributed by atoms with Gasteiger partial charge >= 0.3 is 41.5 Å². The van der Waals surface area contributed by atoms with Crippen molar-refractivity contribution in [3.8, 4) is 0 Å². The Morgan fingerprint density at radius 2 is 1.41 bits per heavy atom. The molecule has 0 N–H and O–H groups in total. The summed E-state index contributed by atoms with van der Waals surface area (Å²) in [5.74, 6) is -1.74. The summed E-state index contributed by atoms with van der Waals surface area (Å²) >= 11 is 0. The first-order valence-corrected chi connectivity index (χ1v) is 11.1. The van der Waals surface area contributed by atoms with E-state index in [1.807, 2.05) is 0 Å². The number of ether oxygens (including phenoxy) is 2. The maximum absolute atomic E-state index is 12.1. The largest absolute Gasteiger partial charge is 1.00 e. The Morgan fingerprint density at radius 3 is 1.81 bits per heavy atom. The number of benzene rings is 1. The van der Waals surface area contributed by atoms with Gasteiger partial charge in [0.15, 0.2) is 7.37 Å². The van der Waals surface area contributed by atoms with Crippen molar-refractivity contribution in [2.45, 2.75) is 0 Å². The van der Waals surface area contributed by atoms with E-state index in [-0.39, 0.29) is 53.9 Å². The number of carbonyl (C=O) groups is 2. The molecule has 0 amide bonds. The molecule has 0 heterocycles. The normalized spacial score (nSPS) is 11.4. The zero-order valence-electron chi connectivity index (χ0n) is 15.1. The summed E-state index contributed by atoms with van der Waals surface area (Å²) in [5.41, 5.74) is -0.189. The molecule has 10 nitrogen and oxygen atoms in total. The average Bonchev–Trinajstić information content (AvgIpc) is 2.53. The summed E-state index contributed by atoms with van der Waals surface area (Å²) < 4.78 is 60.8. The Labute approximate surface area is 179 Å². The third kappa shape index (κ3) is 11.6. The molecule has 0 aliphatic rings. The second-order valence-electron chi connectivity index (χ2n) is 5.13. The van der Waals surface area contributed by atoms with E-state index >= 15 is 0 Å². The molecule has 0 spiro atoms. The third-order valence-electron chi connectivity index (χ3n) is 2.63. The van der Waals surface area contributed by atoms with Crippen LogP contribution in [0.1, 0.15) is 20.7 Å². The molecule has 1 rings (SSSR count). The average molecular weight is 432 g/mol. The minimum Gasteiger partial charge on any atom is -0.726 e. The molecular weight excluding hydrogens is 414 g/mol. The first kappa shape index (κ1) is 26.2. The van der Waals surface area contributed by atoms with Crippen LogP contribution in [0, 0.1) is 0 Å². The van der Waals surface area contributed by atoms with Gasteiger partial charge in [0.1, 0.15) is 13.2 Å². The van der Waals surface area contributed by atoms with Crippen molar-refractivity contribution in [2.75, 3.05) is 39.8 Å². The van der Waals surface area contributed by atoms with E-state index < -0.39 is 42.9 Å². The minimum absolute atomic E-state index is 0. The zero-order valence-corrected chi connectivity index (χ0v) is 18.8. The van der Waals surface area contributed by atoms with Crippen LogP contribution < -0.4 is 29.6 Å². The smallest absolute Gasteiger partial charge is 0.726 e. The number of carbonyl (C=O) groups excluding carboxylic acids is 2. The van der Waals surface area contributed by atoms with Crippen LogP contribution in [0.25, 0.3) is 0 Å². The summed E-state index contributed by atoms with van der Waals surface area (Å²) in [5, 5.41) is 0. The Kier molecular flexibility index (Phi) is 11.6. The van der Waals surface area contributed by atoms with E-state index in [1.165, 1.54) is 37.6 Å². The van der Waals surface area contributed by atoms with Gasteiger partial charge in [-0.2, -0.15) is 0 Å². The van der Waals surface area contributed by atoms with E-state index in [0.29, 0.717) is 0 Å². The van der Waals surface area contributed by atoms with Crippen LogP contribution in [0.2, 0.25) is 0 Å². The van der Waals surface area contributed by atoms with E-state index in [1.54, 1.807) is 0 Å². The Hall–Kier alpha value is -0.780. The fraction of sp³-hybridized carbons (Fsp3) is 0.429. The van der Waals surface area contributed by atoms with Gasteiger partial charge in [-0.25, -0.2) is 18.0 Å². The SMILES string of the molecule is CP(C)(=O)OCCOC(=O)c1ccccc1C(=O)OCCOS(=O)(=O)[O-].[Na+]. The predicted molar refractivity (Wildman–Crippen MR) is 88.1 cm³/mol. The first-order valence-electron chi connectivity index (χ1n) is 7.22. The predicted octanol–water partition coefficient (Wildman–Crippen LogP) is -1.96. The second kappa shape index (κ2) is 11.9. The molecule has 0 atom stereocenters. The van der Waals surface area contributed by atoms with Crippen molar-refractivity contribution in [2.24, 2.45) is 0 Å². The van der Waals surface area contributed by atoms with Crippen molar-refractivity contribution in [1.82, 2.24) is 0 Å². The maximum Gasteiger partial charge on any atom is 1.00 e. The van der Waals surface area contributed by atoms with Gasteiger partial charge in [0, 0.05) is 13.3 Å². The molecule has 13 heteroatoms. The zero-order chi connectivity index (χ0) is 19.8. The van der Waals surface area contributed by atoms with Gasteiger partial charge in [-0.05, 0) is 12.1 Å². The monoisotopic (exact) mass is 432 g/mol. The molecule has 0 unspecified atom stereocenters. The standard InChI is InChI=1S/C14H19O10PS.Na/c1-25(2,17)23-9-7-21-13(15)11-5-3-4-6-12(11)14(16)22-8-10-24-26(18,19)20;/h3-6H,7-10H2,1-2H3,(H,18,19,20);/q;+1/p-1. The van der Waals surface area contributed by atoms with Crippen molar-refractivity contribution in [1.29, 1.82) is 0 Å². The van der Waals surface area contributed by atoms with Gasteiger partial charge in [0.25, 0.3) is 0 Å². The fourth-order valence-corrected chi connectivity index (χ4v) is 2.44. The molecule has 146 valence electrons. The van der Waals surface area contributed by atoms with E-state index in [9.17, 15) is 27.1 Å². The Balaban J connectivity index is 0.00000676. The summed E-state index contributed by atoms with van der Waals surface area (Å²) in [6.45, 7) is 1.46. The van der Waals surface area contributed by atoms with Crippen LogP contribution >= 0.6 is 7.37 Å². The molecule has 0 fully saturated rings. The molecule has 0 saturated heterocycles. The Morgan fingerprint density at radius 1 is 0.963 bits per heavy atom. The summed E-state index contributed by atoms with van der Waals surface area (Å²) in [7, 11) is -7.57. The minimum atomic E-state index is -4.88. The topological polar surface area (TPSA) is 145 Å². The summed E-state index contributed by atoms with van der Waals surface area (Å²) in [4.78, 5) is 24.0. The number of rotatable bonds is 10. The van der Waals surface area contributed by atoms with Crippen LogP contribution in [0.4, 0.5) is 0 Å². The van der Waals surface area contributed by atoms with Gasteiger partial charge in [-0.1, -0.05) is 12.1 Å². The number of esters is 2. The number of hydrogen-bond acceptors (Lipinski definition) is 10. The molecule has 0 aromatic heterocycles. The van der Waals surface area contributed by atoms with E-state index in [2.05, 4.69) is 4.18 Å². The third-order valence-corrected chi connectivity index (χ3v) is 3.89. The van der Waals surface area contributed by atoms with Gasteiger partial charge in [0.05, 0.1) is 24.3 Å². The molecular formula is C14H18NaO10PS. The molecule has 1 aromatic carbocycles. The molecule has 27 heavy (non-hydrogen) atoms. The van der Waals surface area contributed by atoms with Gasteiger partial charge < -0.3 is 18.6 Å². The van der Waals surface area contributed by atoms with Gasteiger partial charge in [-0.3, -0.25) is 8.75 Å². The van der Waals surface area contributed by atoms with Gasteiger partial charge in [-0.15, -0.1) is 0 Å². The summed E-state index contributed by atoms with van der Waals surface area (Å²) in [6, 6.07) is 5.64. The molecule has 0 saturated carbocycles. The van der Waals surface area contributed by atoms with Crippen molar-refractivity contribution in [3.63, 3.8) is 0 Å². The van der Waals surface area contributed by atoms with E-state index in [4.69, 9.17) is 14.0 Å². The Bertz CT molecular complexity index is 789. The van der Waals surface area contributed by atoms with Crippen molar-refractivity contribution in [3.05, 3.63) is 35.4 Å². The molecule has 0 aliphatic heterocycles. The van der Waals surface area contributed by atoms with Crippen LogP contribution in [0.15, 0.2) is 24.3 Å². The fourth-order valence-electron chi connectivity index (χ4n) is 1.66. The second-order valence-corrected chi connectivity index (χ2v) is 8.95. The quantitative estimate of drug-likeness (QED) is 0.102. The van der Waals surface area contributed by atoms with Gasteiger partial charge in [0.2, 0.25) is 10.4 Å². The molecule has 0 radical (unpaired) electrons. The van der Waals surface area contributed by atoms with Crippen molar-refractivity contribution < 1.29 is 74.9 Å². The van der Waals surface area contributed by atoms with Crippen molar-refractivity contribution >= 4 is 29.7 Å². The van der Waals surface area contributed by atoms with Crippen LogP contribution in [0.3, 0.4) is 0 Å². The maximum atomic E-state index is 12.1. The number of hydrogen-bond donors (Lipinski definition) is 0. The summed E-state index contributed by atoms with van der Waals surface area (Å²) in [6.07, 6.45) is 0.